The molecule has 8 nitrogen and oxygen atoms in total. The van der Waals surface area contributed by atoms with Crippen molar-refractivity contribution in [2.24, 2.45) is 11.8 Å². The Balaban J connectivity index is 1.23. The van der Waals surface area contributed by atoms with Gasteiger partial charge < -0.3 is 19.7 Å². The molecular weight excluding hydrogens is 416 g/mol. The number of amides is 2. The average Bonchev–Trinajstić information content (AvgIpc) is 3.33. The topological polar surface area (TPSA) is 85.4 Å². The van der Waals surface area contributed by atoms with Gasteiger partial charge in [0.2, 0.25) is 5.91 Å². The van der Waals surface area contributed by atoms with Crippen molar-refractivity contribution < 1.29 is 9.59 Å². The Morgan fingerprint density at radius 3 is 2.58 bits per heavy atom. The maximum absolute atomic E-state index is 13.4. The number of nitrogens with zero attached hydrogens (tertiary/aromatic N) is 5. The predicted molar refractivity (Wildman–Crippen MR) is 124 cm³/mol. The van der Waals surface area contributed by atoms with Gasteiger partial charge in [-0.1, -0.05) is 0 Å². The second kappa shape index (κ2) is 9.63. The number of fused-ring (bicyclic) bond motifs is 1. The summed E-state index contributed by atoms with van der Waals surface area (Å²) in [6, 6.07) is 3.70. The Labute approximate surface area is 195 Å². The van der Waals surface area contributed by atoms with E-state index in [1.807, 2.05) is 21.9 Å². The van der Waals surface area contributed by atoms with Gasteiger partial charge in [-0.3, -0.25) is 14.6 Å². The Hall–Kier alpha value is -2.74. The van der Waals surface area contributed by atoms with Crippen molar-refractivity contribution in [3.8, 4) is 0 Å². The van der Waals surface area contributed by atoms with Crippen LogP contribution in [-0.2, 0) is 11.2 Å². The average molecular weight is 451 g/mol. The molecule has 1 unspecified atom stereocenters. The van der Waals surface area contributed by atoms with Gasteiger partial charge in [0.1, 0.15) is 0 Å². The van der Waals surface area contributed by atoms with Gasteiger partial charge in [0, 0.05) is 57.6 Å². The van der Waals surface area contributed by atoms with Gasteiger partial charge in [0.25, 0.3) is 5.91 Å². The highest BCUT2D eigenvalue weighted by Gasteiger charge is 2.40. The molecule has 1 N–H and O–H groups in total. The molecule has 2 aromatic heterocycles. The molecule has 3 aliphatic rings. The molecule has 0 saturated carbocycles. The van der Waals surface area contributed by atoms with Crippen LogP contribution in [0.15, 0.2) is 30.9 Å². The summed E-state index contributed by atoms with van der Waals surface area (Å²) in [6.07, 6.45) is 10.3. The minimum Gasteiger partial charge on any atom is -0.348 e. The zero-order valence-corrected chi connectivity index (χ0v) is 19.4. The van der Waals surface area contributed by atoms with Gasteiger partial charge in [-0.15, -0.1) is 0 Å². The van der Waals surface area contributed by atoms with Crippen molar-refractivity contribution >= 4 is 11.8 Å². The first kappa shape index (κ1) is 22.1. The number of H-pyrrole nitrogens is 1. The molecule has 2 aromatic rings. The molecule has 5 heterocycles. The first-order valence-corrected chi connectivity index (χ1v) is 12.3. The summed E-state index contributed by atoms with van der Waals surface area (Å²) >= 11 is 0. The molecule has 2 saturated heterocycles. The summed E-state index contributed by atoms with van der Waals surface area (Å²) in [6.45, 7) is 7.41. The largest absolute Gasteiger partial charge is 0.348 e. The first-order valence-electron chi connectivity index (χ1n) is 12.3. The maximum Gasteiger partial charge on any atom is 0.256 e. The summed E-state index contributed by atoms with van der Waals surface area (Å²) in [5, 5.41) is 0. The number of hydrogen-bond donors (Lipinski definition) is 1. The third kappa shape index (κ3) is 4.67. The monoisotopic (exact) mass is 450 g/mol. The van der Waals surface area contributed by atoms with E-state index in [0.717, 1.165) is 70.5 Å². The molecular formula is C25H34N6O2. The van der Waals surface area contributed by atoms with E-state index < -0.39 is 0 Å². The van der Waals surface area contributed by atoms with Crippen LogP contribution in [0.2, 0.25) is 0 Å². The smallest absolute Gasteiger partial charge is 0.256 e. The highest BCUT2D eigenvalue weighted by atomic mass is 16.2. The molecule has 8 heteroatoms. The molecule has 0 aromatic carbocycles. The Kier molecular flexibility index (Phi) is 6.44. The molecule has 3 aliphatic heterocycles. The third-order valence-corrected chi connectivity index (χ3v) is 7.79. The number of rotatable bonds is 4. The number of carbonyl (C=O) groups is 2. The van der Waals surface area contributed by atoms with E-state index >= 15 is 0 Å². The fraction of sp³-hybridized carbons (Fsp3) is 0.600. The number of pyridine rings is 1. The SMILES string of the molecule is CC(=O)N1CCC(CN2CCC(C3c4nc[nH]c4CCN3C(=O)c3cccnc3)CC2)CC1. The lowest BCUT2D eigenvalue weighted by Crippen LogP contribution is -2.47. The second-order valence-corrected chi connectivity index (χ2v) is 9.79. The van der Waals surface area contributed by atoms with Crippen LogP contribution >= 0.6 is 0 Å². The van der Waals surface area contributed by atoms with Crippen LogP contribution in [-0.4, -0.2) is 80.7 Å². The van der Waals surface area contributed by atoms with E-state index in [4.69, 9.17) is 0 Å². The van der Waals surface area contributed by atoms with E-state index in [2.05, 4.69) is 19.9 Å². The van der Waals surface area contributed by atoms with Crippen LogP contribution in [0, 0.1) is 11.8 Å². The molecule has 33 heavy (non-hydrogen) atoms. The number of imidazole rings is 1. The third-order valence-electron chi connectivity index (χ3n) is 7.79. The van der Waals surface area contributed by atoms with Crippen LogP contribution < -0.4 is 0 Å². The van der Waals surface area contributed by atoms with Gasteiger partial charge in [0.15, 0.2) is 0 Å². The fourth-order valence-electron chi connectivity index (χ4n) is 5.91. The quantitative estimate of drug-likeness (QED) is 0.774. The summed E-state index contributed by atoms with van der Waals surface area (Å²) in [5.74, 6) is 1.34. The molecule has 0 spiro atoms. The highest BCUT2D eigenvalue weighted by Crippen LogP contribution is 2.39. The van der Waals surface area contributed by atoms with E-state index in [0.29, 0.717) is 23.9 Å². The van der Waals surface area contributed by atoms with Gasteiger partial charge in [-0.05, 0) is 62.7 Å². The Morgan fingerprint density at radius 2 is 1.88 bits per heavy atom. The number of aromatic nitrogens is 3. The molecule has 1 atom stereocenters. The van der Waals surface area contributed by atoms with Gasteiger partial charge >= 0.3 is 0 Å². The molecule has 176 valence electrons. The second-order valence-electron chi connectivity index (χ2n) is 9.79. The van der Waals surface area contributed by atoms with Gasteiger partial charge in [-0.2, -0.15) is 0 Å². The van der Waals surface area contributed by atoms with Crippen LogP contribution in [0.5, 0.6) is 0 Å². The zero-order valence-electron chi connectivity index (χ0n) is 19.4. The Morgan fingerprint density at radius 1 is 1.09 bits per heavy atom. The van der Waals surface area contributed by atoms with Crippen LogP contribution in [0.4, 0.5) is 0 Å². The summed E-state index contributed by atoms with van der Waals surface area (Å²) in [4.78, 5) is 43.7. The summed E-state index contributed by atoms with van der Waals surface area (Å²) < 4.78 is 0. The highest BCUT2D eigenvalue weighted by molar-refractivity contribution is 5.94. The van der Waals surface area contributed by atoms with Gasteiger partial charge in [-0.25, -0.2) is 4.98 Å². The number of nitrogens with one attached hydrogen (secondary N) is 1. The molecule has 0 aliphatic carbocycles. The van der Waals surface area contributed by atoms with Gasteiger partial charge in [0.05, 0.1) is 23.6 Å². The number of likely N-dealkylation sites (tertiary alicyclic amines) is 2. The van der Waals surface area contributed by atoms with E-state index in [9.17, 15) is 9.59 Å². The van der Waals surface area contributed by atoms with Crippen molar-refractivity contribution in [3.05, 3.63) is 47.8 Å². The molecule has 2 fully saturated rings. The van der Waals surface area contributed by atoms with E-state index in [1.165, 1.54) is 5.69 Å². The van der Waals surface area contributed by atoms with Crippen molar-refractivity contribution in [3.63, 3.8) is 0 Å². The number of aromatic amines is 1. The minimum absolute atomic E-state index is 0.0219. The fourth-order valence-corrected chi connectivity index (χ4v) is 5.91. The van der Waals surface area contributed by atoms with Crippen molar-refractivity contribution in [2.45, 2.75) is 45.1 Å². The van der Waals surface area contributed by atoms with Crippen molar-refractivity contribution in [1.29, 1.82) is 0 Å². The van der Waals surface area contributed by atoms with E-state index in [1.54, 1.807) is 25.6 Å². The predicted octanol–water partition coefficient (Wildman–Crippen LogP) is 2.51. The maximum atomic E-state index is 13.4. The van der Waals surface area contributed by atoms with Crippen molar-refractivity contribution in [1.82, 2.24) is 29.7 Å². The first-order chi connectivity index (χ1) is 16.1. The number of piperidine rings is 2. The molecule has 2 amide bonds. The normalized spacial score (nSPS) is 22.9. The number of hydrogen-bond acceptors (Lipinski definition) is 5. The zero-order chi connectivity index (χ0) is 22.8. The van der Waals surface area contributed by atoms with Crippen LogP contribution in [0.1, 0.15) is 60.4 Å². The lowest BCUT2D eigenvalue weighted by atomic mass is 9.83. The summed E-state index contributed by atoms with van der Waals surface area (Å²) in [7, 11) is 0. The molecule has 0 bridgehead atoms. The van der Waals surface area contributed by atoms with Crippen LogP contribution in [0.3, 0.4) is 0 Å². The minimum atomic E-state index is 0.0219. The Bertz CT molecular complexity index is 960. The molecule has 5 rings (SSSR count). The lowest BCUT2D eigenvalue weighted by Gasteiger charge is -2.43. The summed E-state index contributed by atoms with van der Waals surface area (Å²) in [5.41, 5.74) is 2.87. The number of carbonyl (C=O) groups excluding carboxylic acids is 2. The molecule has 0 radical (unpaired) electrons. The standard InChI is InChI=1S/C25H34N6O2/c1-18(32)30-12-4-19(5-13-30)16-29-10-6-20(7-11-29)24-23-22(27-17-28-23)8-14-31(24)25(33)21-3-2-9-26-15-21/h2-3,9,15,17,19-20,24H,4-8,10-14,16H2,1H3,(H,27,28). The van der Waals surface area contributed by atoms with Crippen LogP contribution in [0.25, 0.3) is 0 Å². The lowest BCUT2D eigenvalue weighted by molar-refractivity contribution is -0.130. The van der Waals surface area contributed by atoms with E-state index in [-0.39, 0.29) is 17.9 Å². The van der Waals surface area contributed by atoms with Crippen molar-refractivity contribution in [2.75, 3.05) is 39.3 Å².